The average Bonchev–Trinajstić information content (AvgIpc) is 3.29. The summed E-state index contributed by atoms with van der Waals surface area (Å²) in [6.45, 7) is 3.55. The Morgan fingerprint density at radius 3 is 2.36 bits per heavy atom. The van der Waals surface area contributed by atoms with Crippen LogP contribution in [0.4, 0.5) is 6.01 Å². The van der Waals surface area contributed by atoms with E-state index in [0.717, 1.165) is 0 Å². The predicted octanol–water partition coefficient (Wildman–Crippen LogP) is 3.37. The van der Waals surface area contributed by atoms with Crippen molar-refractivity contribution < 1.29 is 22.0 Å². The average molecular weight is 469 g/mol. The van der Waals surface area contributed by atoms with Gasteiger partial charge in [-0.15, -0.1) is 5.10 Å². The standard InChI is InChI=1S/C17H17BrN4O5S/c1-10(2)22(3)28(24,25)12-6-4-11(5-7-12)15(23)19-17-21-20-16(27-17)13-8-9-14(18)26-13/h4-10H,1-3H3,(H,19,21,23). The molecule has 11 heteroatoms. The maximum atomic E-state index is 12.5. The van der Waals surface area contributed by atoms with Gasteiger partial charge in [-0.1, -0.05) is 5.10 Å². The van der Waals surface area contributed by atoms with Crippen LogP contribution in [-0.2, 0) is 10.0 Å². The topological polar surface area (TPSA) is 119 Å². The molecule has 148 valence electrons. The van der Waals surface area contributed by atoms with Crippen LogP contribution in [0.1, 0.15) is 24.2 Å². The van der Waals surface area contributed by atoms with Gasteiger partial charge in [0.05, 0.1) is 4.90 Å². The van der Waals surface area contributed by atoms with E-state index in [0.29, 0.717) is 10.4 Å². The van der Waals surface area contributed by atoms with E-state index in [1.54, 1.807) is 26.0 Å². The highest BCUT2D eigenvalue weighted by Gasteiger charge is 2.23. The highest BCUT2D eigenvalue weighted by molar-refractivity contribution is 9.10. The zero-order chi connectivity index (χ0) is 20.5. The Balaban J connectivity index is 1.73. The van der Waals surface area contributed by atoms with E-state index in [9.17, 15) is 13.2 Å². The van der Waals surface area contributed by atoms with Crippen LogP contribution in [0, 0.1) is 0 Å². The lowest BCUT2D eigenvalue weighted by Crippen LogP contribution is -2.33. The van der Waals surface area contributed by atoms with Crippen molar-refractivity contribution in [1.82, 2.24) is 14.5 Å². The Morgan fingerprint density at radius 2 is 1.79 bits per heavy atom. The summed E-state index contributed by atoms with van der Waals surface area (Å²) >= 11 is 3.17. The van der Waals surface area contributed by atoms with Gasteiger partial charge in [0, 0.05) is 18.7 Å². The lowest BCUT2D eigenvalue weighted by Gasteiger charge is -2.20. The number of rotatable bonds is 6. The fourth-order valence-electron chi connectivity index (χ4n) is 2.19. The van der Waals surface area contributed by atoms with Gasteiger partial charge in [-0.05, 0) is 66.2 Å². The quantitative estimate of drug-likeness (QED) is 0.588. The molecule has 1 N–H and O–H groups in total. The molecule has 28 heavy (non-hydrogen) atoms. The smallest absolute Gasteiger partial charge is 0.322 e. The molecule has 3 rings (SSSR count). The van der Waals surface area contributed by atoms with Gasteiger partial charge in [0.25, 0.3) is 11.8 Å². The van der Waals surface area contributed by atoms with Crippen LogP contribution in [0.15, 0.2) is 54.8 Å². The maximum Gasteiger partial charge on any atom is 0.322 e. The summed E-state index contributed by atoms with van der Waals surface area (Å²) < 4.78 is 37.3. The molecule has 0 aliphatic carbocycles. The Hall–Kier alpha value is -2.50. The SMILES string of the molecule is CC(C)N(C)S(=O)(=O)c1ccc(C(=O)Nc2nnc(-c3ccc(Br)o3)o2)cc1. The van der Waals surface area contributed by atoms with E-state index in [2.05, 4.69) is 31.4 Å². The number of benzene rings is 1. The highest BCUT2D eigenvalue weighted by atomic mass is 79.9. The number of amides is 1. The summed E-state index contributed by atoms with van der Waals surface area (Å²) in [6, 6.07) is 8.60. The van der Waals surface area contributed by atoms with Crippen LogP contribution in [0.25, 0.3) is 11.7 Å². The first-order valence-corrected chi connectivity index (χ1v) is 10.4. The third-order valence-corrected chi connectivity index (χ3v) is 6.42. The molecular formula is C17H17BrN4O5S. The third kappa shape index (κ3) is 4.16. The molecule has 0 unspecified atom stereocenters. The lowest BCUT2D eigenvalue weighted by molar-refractivity contribution is 0.102. The number of hydrogen-bond donors (Lipinski definition) is 1. The summed E-state index contributed by atoms with van der Waals surface area (Å²) in [5.41, 5.74) is 0.242. The molecule has 0 saturated heterocycles. The van der Waals surface area contributed by atoms with Crippen molar-refractivity contribution in [2.75, 3.05) is 12.4 Å². The first kappa shape index (κ1) is 20.2. The van der Waals surface area contributed by atoms with Crippen molar-refractivity contribution in [1.29, 1.82) is 0 Å². The second-order valence-electron chi connectivity index (χ2n) is 6.11. The minimum atomic E-state index is -3.62. The molecule has 0 bridgehead atoms. The molecule has 0 spiro atoms. The minimum absolute atomic E-state index is 0.101. The van der Waals surface area contributed by atoms with E-state index in [1.165, 1.54) is 35.6 Å². The second-order valence-corrected chi connectivity index (χ2v) is 8.89. The van der Waals surface area contributed by atoms with Crippen LogP contribution in [0.5, 0.6) is 0 Å². The number of sulfonamides is 1. The summed E-state index contributed by atoms with van der Waals surface area (Å²) in [5.74, 6) is -0.0557. The molecule has 1 amide bonds. The van der Waals surface area contributed by atoms with E-state index in [4.69, 9.17) is 8.83 Å². The number of carbonyl (C=O) groups is 1. The Bertz CT molecular complexity index is 1090. The Labute approximate surface area is 169 Å². The number of nitrogens with one attached hydrogen (secondary N) is 1. The number of furan rings is 1. The van der Waals surface area contributed by atoms with Gasteiger partial charge in [0.15, 0.2) is 10.4 Å². The van der Waals surface area contributed by atoms with Crippen molar-refractivity contribution >= 4 is 37.9 Å². The number of nitrogens with zero attached hydrogens (tertiary/aromatic N) is 3. The van der Waals surface area contributed by atoms with Gasteiger partial charge in [-0.3, -0.25) is 10.1 Å². The van der Waals surface area contributed by atoms with Crippen LogP contribution >= 0.6 is 15.9 Å². The number of anilines is 1. The molecule has 0 fully saturated rings. The van der Waals surface area contributed by atoms with Crippen LogP contribution < -0.4 is 5.32 Å². The van der Waals surface area contributed by atoms with Crippen molar-refractivity contribution in [2.45, 2.75) is 24.8 Å². The minimum Gasteiger partial charge on any atom is -0.444 e. The molecule has 3 aromatic rings. The largest absolute Gasteiger partial charge is 0.444 e. The molecule has 1 aromatic carbocycles. The fraction of sp³-hybridized carbons (Fsp3) is 0.235. The normalized spacial score (nSPS) is 11.9. The summed E-state index contributed by atoms with van der Waals surface area (Å²) in [6.07, 6.45) is 0. The van der Waals surface area contributed by atoms with Crippen molar-refractivity contribution in [3.63, 3.8) is 0 Å². The molecule has 0 aliphatic rings. The molecule has 0 atom stereocenters. The number of halogens is 1. The van der Waals surface area contributed by atoms with E-state index < -0.39 is 15.9 Å². The monoisotopic (exact) mass is 468 g/mol. The lowest BCUT2D eigenvalue weighted by atomic mass is 10.2. The van der Waals surface area contributed by atoms with E-state index in [1.807, 2.05) is 0 Å². The van der Waals surface area contributed by atoms with Gasteiger partial charge in [0.2, 0.25) is 10.0 Å². The van der Waals surface area contributed by atoms with E-state index >= 15 is 0 Å². The summed E-state index contributed by atoms with van der Waals surface area (Å²) in [4.78, 5) is 12.4. The molecular weight excluding hydrogens is 452 g/mol. The van der Waals surface area contributed by atoms with Crippen molar-refractivity contribution in [3.8, 4) is 11.7 Å². The van der Waals surface area contributed by atoms with Gasteiger partial charge in [0.1, 0.15) is 0 Å². The fourth-order valence-corrected chi connectivity index (χ4v) is 3.87. The van der Waals surface area contributed by atoms with Crippen LogP contribution in [0.3, 0.4) is 0 Å². The summed E-state index contributed by atoms with van der Waals surface area (Å²) in [7, 11) is -2.11. The summed E-state index contributed by atoms with van der Waals surface area (Å²) in [5, 5.41) is 10.0. The van der Waals surface area contributed by atoms with Crippen molar-refractivity contribution in [2.24, 2.45) is 0 Å². The molecule has 0 radical (unpaired) electrons. The number of carbonyl (C=O) groups excluding carboxylic acids is 1. The Kier molecular flexibility index (Phi) is 5.68. The van der Waals surface area contributed by atoms with Crippen LogP contribution in [0.2, 0.25) is 0 Å². The molecule has 2 heterocycles. The van der Waals surface area contributed by atoms with Gasteiger partial charge in [-0.2, -0.15) is 4.31 Å². The zero-order valence-electron chi connectivity index (χ0n) is 15.2. The zero-order valence-corrected chi connectivity index (χ0v) is 17.6. The highest BCUT2D eigenvalue weighted by Crippen LogP contribution is 2.25. The number of aromatic nitrogens is 2. The third-order valence-electron chi connectivity index (χ3n) is 3.95. The van der Waals surface area contributed by atoms with Gasteiger partial charge in [-0.25, -0.2) is 8.42 Å². The Morgan fingerprint density at radius 1 is 1.11 bits per heavy atom. The van der Waals surface area contributed by atoms with Gasteiger partial charge >= 0.3 is 6.01 Å². The van der Waals surface area contributed by atoms with Gasteiger partial charge < -0.3 is 8.83 Å². The molecule has 2 aromatic heterocycles. The first-order chi connectivity index (χ1) is 13.2. The predicted molar refractivity (Wildman–Crippen MR) is 104 cm³/mol. The molecule has 9 nitrogen and oxygen atoms in total. The van der Waals surface area contributed by atoms with Crippen molar-refractivity contribution in [3.05, 3.63) is 46.6 Å². The first-order valence-electron chi connectivity index (χ1n) is 8.17. The molecule has 0 aliphatic heterocycles. The van der Waals surface area contributed by atoms with E-state index in [-0.39, 0.29) is 28.4 Å². The molecule has 0 saturated carbocycles. The van der Waals surface area contributed by atoms with Crippen LogP contribution in [-0.4, -0.2) is 41.9 Å². The maximum absolute atomic E-state index is 12.5. The second kappa shape index (κ2) is 7.86. The number of hydrogen-bond acceptors (Lipinski definition) is 7.